The van der Waals surface area contributed by atoms with E-state index in [1.807, 2.05) is 52.1 Å². The van der Waals surface area contributed by atoms with Crippen molar-refractivity contribution in [3.8, 4) is 0 Å². The molecule has 0 spiro atoms. The number of carbonyl (C=O) groups is 1. The summed E-state index contributed by atoms with van der Waals surface area (Å²) in [5.41, 5.74) is 2.12. The van der Waals surface area contributed by atoms with Crippen LogP contribution in [0.25, 0.3) is 0 Å². The van der Waals surface area contributed by atoms with Crippen LogP contribution in [-0.2, 0) is 24.9 Å². The molecule has 0 saturated heterocycles. The van der Waals surface area contributed by atoms with Gasteiger partial charge in [0.2, 0.25) is 0 Å². The first-order valence-corrected chi connectivity index (χ1v) is 8.04. The zero-order valence-corrected chi connectivity index (χ0v) is 14.6. The molecule has 0 fully saturated rings. The smallest absolute Gasteiger partial charge is 0.315 e. The molecular formula is C17H25N5O2. The Morgan fingerprint density at radius 3 is 2.58 bits per heavy atom. The molecule has 2 aromatic rings. The number of amides is 2. The Hall–Kier alpha value is -2.41. The second-order valence-corrected chi connectivity index (χ2v) is 5.98. The molecule has 1 aromatic heterocycles. The van der Waals surface area contributed by atoms with Crippen molar-refractivity contribution in [1.29, 1.82) is 0 Å². The maximum absolute atomic E-state index is 12.1. The minimum atomic E-state index is -0.245. The Labute approximate surface area is 142 Å². The highest BCUT2D eigenvalue weighted by molar-refractivity contribution is 5.74. The molecule has 0 aliphatic heterocycles. The third kappa shape index (κ3) is 5.06. The minimum Gasteiger partial charge on any atom is -0.374 e. The van der Waals surface area contributed by atoms with Gasteiger partial charge in [-0.1, -0.05) is 24.3 Å². The minimum absolute atomic E-state index is 0.168. The highest BCUT2D eigenvalue weighted by atomic mass is 16.5. The summed E-state index contributed by atoms with van der Waals surface area (Å²) in [6.07, 6.45) is 1.78. The van der Waals surface area contributed by atoms with Gasteiger partial charge in [-0.15, -0.1) is 10.2 Å². The van der Waals surface area contributed by atoms with Crippen LogP contribution in [0, 0.1) is 0 Å². The third-order valence-corrected chi connectivity index (χ3v) is 3.61. The van der Waals surface area contributed by atoms with E-state index in [0.29, 0.717) is 19.0 Å². The number of carbonyl (C=O) groups excluding carboxylic acids is 1. The molecule has 1 aromatic carbocycles. The Bertz CT molecular complexity index is 669. The summed E-state index contributed by atoms with van der Waals surface area (Å²) in [6.45, 7) is 6.85. The molecule has 1 atom stereocenters. The molecular weight excluding hydrogens is 306 g/mol. The summed E-state index contributed by atoms with van der Waals surface area (Å²) >= 11 is 0. The van der Waals surface area contributed by atoms with Crippen LogP contribution >= 0.6 is 0 Å². The summed E-state index contributed by atoms with van der Waals surface area (Å²) in [6, 6.07) is 7.46. The molecule has 1 heterocycles. The summed E-state index contributed by atoms with van der Waals surface area (Å²) in [5.74, 6) is 0.705. The topological polar surface area (TPSA) is 81.1 Å². The van der Waals surface area contributed by atoms with Crippen molar-refractivity contribution in [1.82, 2.24) is 25.4 Å². The maximum Gasteiger partial charge on any atom is 0.315 e. The van der Waals surface area contributed by atoms with Crippen molar-refractivity contribution >= 4 is 6.03 Å². The van der Waals surface area contributed by atoms with Crippen molar-refractivity contribution in [2.75, 3.05) is 0 Å². The van der Waals surface area contributed by atoms with Crippen molar-refractivity contribution < 1.29 is 9.53 Å². The molecule has 0 radical (unpaired) electrons. The van der Waals surface area contributed by atoms with E-state index < -0.39 is 0 Å². The second-order valence-electron chi connectivity index (χ2n) is 5.98. The zero-order valence-electron chi connectivity index (χ0n) is 14.6. The number of nitrogens with zero attached hydrogens (tertiary/aromatic N) is 3. The average molecular weight is 331 g/mol. The van der Waals surface area contributed by atoms with E-state index in [1.54, 1.807) is 10.9 Å². The van der Waals surface area contributed by atoms with Gasteiger partial charge in [0.15, 0.2) is 5.82 Å². The lowest BCUT2D eigenvalue weighted by atomic mass is 10.1. The Morgan fingerprint density at radius 1 is 1.25 bits per heavy atom. The van der Waals surface area contributed by atoms with Crippen LogP contribution in [0.5, 0.6) is 0 Å². The van der Waals surface area contributed by atoms with Crippen molar-refractivity contribution in [3.05, 3.63) is 47.5 Å². The van der Waals surface area contributed by atoms with Gasteiger partial charge < -0.3 is 19.9 Å². The van der Waals surface area contributed by atoms with Gasteiger partial charge in [0.25, 0.3) is 0 Å². The average Bonchev–Trinajstić information content (AvgIpc) is 2.97. The van der Waals surface area contributed by atoms with Crippen LogP contribution in [0.2, 0.25) is 0 Å². The van der Waals surface area contributed by atoms with Gasteiger partial charge >= 0.3 is 6.03 Å². The standard InChI is InChI=1S/C17H25N5O2/c1-12(2)24-10-15-8-6-5-7-14(15)9-18-17(23)20-13(3)16-21-19-11-22(16)4/h5-8,11-13H,9-10H2,1-4H3,(H2,18,20,23)/t13-/m0/s1. The SMILES string of the molecule is CC(C)OCc1ccccc1CNC(=O)N[C@@H](C)c1nncn1C. The van der Waals surface area contributed by atoms with Crippen molar-refractivity contribution in [2.24, 2.45) is 7.05 Å². The number of aromatic nitrogens is 3. The highest BCUT2D eigenvalue weighted by Gasteiger charge is 2.14. The number of ether oxygens (including phenoxy) is 1. The predicted molar refractivity (Wildman–Crippen MR) is 91.2 cm³/mol. The molecule has 2 amide bonds. The van der Waals surface area contributed by atoms with Gasteiger partial charge in [-0.05, 0) is 31.9 Å². The molecule has 0 aliphatic rings. The lowest BCUT2D eigenvalue weighted by Gasteiger charge is -2.15. The molecule has 24 heavy (non-hydrogen) atoms. The number of rotatable bonds is 7. The van der Waals surface area contributed by atoms with E-state index in [1.165, 1.54) is 0 Å². The fourth-order valence-electron chi connectivity index (χ4n) is 2.30. The van der Waals surface area contributed by atoms with Crippen LogP contribution in [0.15, 0.2) is 30.6 Å². The van der Waals surface area contributed by atoms with Gasteiger partial charge in [-0.2, -0.15) is 0 Å². The Morgan fingerprint density at radius 2 is 1.96 bits per heavy atom. The largest absolute Gasteiger partial charge is 0.374 e. The number of hydrogen-bond acceptors (Lipinski definition) is 4. The van der Waals surface area contributed by atoms with Gasteiger partial charge in [-0.25, -0.2) is 4.79 Å². The molecule has 0 saturated carbocycles. The van der Waals surface area contributed by atoms with Crippen LogP contribution in [-0.4, -0.2) is 26.9 Å². The summed E-state index contributed by atoms with van der Waals surface area (Å²) in [5, 5.41) is 13.5. The van der Waals surface area contributed by atoms with E-state index in [0.717, 1.165) is 11.1 Å². The van der Waals surface area contributed by atoms with Crippen LogP contribution in [0.3, 0.4) is 0 Å². The third-order valence-electron chi connectivity index (χ3n) is 3.61. The number of benzene rings is 1. The van der Waals surface area contributed by atoms with Crippen molar-refractivity contribution in [3.63, 3.8) is 0 Å². The lowest BCUT2D eigenvalue weighted by Crippen LogP contribution is -2.37. The maximum atomic E-state index is 12.1. The second kappa shape index (κ2) is 8.44. The molecule has 0 aliphatic carbocycles. The van der Waals surface area contributed by atoms with E-state index in [4.69, 9.17) is 4.74 Å². The van der Waals surface area contributed by atoms with Crippen LogP contribution in [0.4, 0.5) is 4.79 Å². The summed E-state index contributed by atoms with van der Waals surface area (Å²) in [7, 11) is 1.84. The van der Waals surface area contributed by atoms with E-state index in [9.17, 15) is 4.79 Å². The molecule has 7 nitrogen and oxygen atoms in total. The first kappa shape index (κ1) is 17.9. The van der Waals surface area contributed by atoms with Gasteiger partial charge in [0.05, 0.1) is 18.8 Å². The molecule has 0 bridgehead atoms. The van der Waals surface area contributed by atoms with Gasteiger partial charge in [-0.3, -0.25) is 0 Å². The molecule has 2 rings (SSSR count). The van der Waals surface area contributed by atoms with Crippen LogP contribution < -0.4 is 10.6 Å². The monoisotopic (exact) mass is 331 g/mol. The summed E-state index contributed by atoms with van der Waals surface area (Å²) < 4.78 is 7.44. The first-order chi connectivity index (χ1) is 11.5. The van der Waals surface area contributed by atoms with E-state index >= 15 is 0 Å². The van der Waals surface area contributed by atoms with Gasteiger partial charge in [0, 0.05) is 13.6 Å². The number of hydrogen-bond donors (Lipinski definition) is 2. The van der Waals surface area contributed by atoms with Crippen LogP contribution in [0.1, 0.15) is 43.8 Å². The normalized spacial score (nSPS) is 12.2. The molecule has 0 unspecified atom stereocenters. The summed E-state index contributed by atoms with van der Waals surface area (Å²) in [4.78, 5) is 12.1. The number of nitrogens with one attached hydrogen (secondary N) is 2. The lowest BCUT2D eigenvalue weighted by molar-refractivity contribution is 0.0652. The van der Waals surface area contributed by atoms with E-state index in [-0.39, 0.29) is 18.2 Å². The predicted octanol–water partition coefficient (Wildman–Crippen LogP) is 2.30. The Balaban J connectivity index is 1.89. The fraction of sp³-hybridized carbons (Fsp3) is 0.471. The zero-order chi connectivity index (χ0) is 17.5. The Kier molecular flexibility index (Phi) is 6.31. The quantitative estimate of drug-likeness (QED) is 0.816. The molecule has 2 N–H and O–H groups in total. The fourth-order valence-corrected chi connectivity index (χ4v) is 2.30. The van der Waals surface area contributed by atoms with Crippen molar-refractivity contribution in [2.45, 2.75) is 46.1 Å². The van der Waals surface area contributed by atoms with E-state index in [2.05, 4.69) is 20.8 Å². The first-order valence-electron chi connectivity index (χ1n) is 8.04. The van der Waals surface area contributed by atoms with Gasteiger partial charge in [0.1, 0.15) is 6.33 Å². The number of aryl methyl sites for hydroxylation is 1. The molecule has 7 heteroatoms. The highest BCUT2D eigenvalue weighted by Crippen LogP contribution is 2.11. The molecule has 130 valence electrons. The number of urea groups is 1.